The lowest BCUT2D eigenvalue weighted by Gasteiger charge is -2.56. The van der Waals surface area contributed by atoms with Gasteiger partial charge in [0.05, 0.1) is 0 Å². The number of unbranched alkanes of at least 4 members (excludes halogenated alkanes) is 1. The first-order valence-electron chi connectivity index (χ1n) is 14.4. The average molecular weight is 482 g/mol. The van der Waals surface area contributed by atoms with Crippen molar-refractivity contribution >= 4 is 9.39 Å². The van der Waals surface area contributed by atoms with Crippen LogP contribution in [0, 0.1) is 39.9 Å². The summed E-state index contributed by atoms with van der Waals surface area (Å²) in [5.41, 5.74) is 14.9. The van der Waals surface area contributed by atoms with E-state index < -0.39 is 0 Å². The van der Waals surface area contributed by atoms with Crippen molar-refractivity contribution in [2.75, 3.05) is 13.1 Å². The molecule has 3 nitrogen and oxygen atoms in total. The predicted octanol–water partition coefficient (Wildman–Crippen LogP) is 7.29. The minimum Gasteiger partial charge on any atom is -0.330 e. The van der Waals surface area contributed by atoms with Crippen LogP contribution in [0.5, 0.6) is 0 Å². The Morgan fingerprint density at radius 1 is 1.09 bits per heavy atom. The summed E-state index contributed by atoms with van der Waals surface area (Å²) < 4.78 is 0. The molecule has 33 heavy (non-hydrogen) atoms. The van der Waals surface area contributed by atoms with Gasteiger partial charge < -0.3 is 16.6 Å². The van der Waals surface area contributed by atoms with E-state index in [0.717, 1.165) is 24.9 Å². The highest BCUT2D eigenvalue weighted by atomic mass is 31.0. The molecule has 0 aromatic heterocycles. The van der Waals surface area contributed by atoms with Crippen molar-refractivity contribution in [2.45, 2.75) is 131 Å². The predicted molar refractivity (Wildman–Crippen MR) is 150 cm³/mol. The van der Waals surface area contributed by atoms with Crippen LogP contribution >= 0.6 is 9.39 Å². The summed E-state index contributed by atoms with van der Waals surface area (Å²) in [6, 6.07) is 0. The molecule has 196 valence electrons. The van der Waals surface area contributed by atoms with Crippen molar-refractivity contribution in [3.8, 4) is 0 Å². The fourth-order valence-corrected chi connectivity index (χ4v) is 8.95. The molecule has 2 aliphatic carbocycles. The molecule has 0 bridgehead atoms. The van der Waals surface area contributed by atoms with Crippen molar-refractivity contribution in [1.29, 1.82) is 0 Å². The number of hydrogen-bond donors (Lipinski definition) is 3. The number of rotatable bonds is 13. The van der Waals surface area contributed by atoms with E-state index in [0.29, 0.717) is 17.3 Å². The van der Waals surface area contributed by atoms with Crippen LogP contribution in [0.3, 0.4) is 0 Å². The Morgan fingerprint density at radius 3 is 2.36 bits per heavy atom. The van der Waals surface area contributed by atoms with E-state index in [-0.39, 0.29) is 16.4 Å². The lowest BCUT2D eigenvalue weighted by molar-refractivity contribution is -0.0376. The Hall–Kier alpha value is 0.310. The van der Waals surface area contributed by atoms with E-state index in [1.165, 1.54) is 77.0 Å². The average Bonchev–Trinajstić information content (AvgIpc) is 3.04. The van der Waals surface area contributed by atoms with Crippen LogP contribution in [0.15, 0.2) is 0 Å². The minimum absolute atomic E-state index is 0.0617. The van der Waals surface area contributed by atoms with Gasteiger partial charge in [0.25, 0.3) is 0 Å². The molecule has 0 amide bonds. The van der Waals surface area contributed by atoms with Gasteiger partial charge in [-0.1, -0.05) is 83.5 Å². The van der Waals surface area contributed by atoms with E-state index in [9.17, 15) is 0 Å². The van der Waals surface area contributed by atoms with Crippen LogP contribution < -0.4 is 16.6 Å². The number of nitrogens with one attached hydrogen (secondary N) is 1. The number of nitrogens with two attached hydrogens (primary N) is 2. The summed E-state index contributed by atoms with van der Waals surface area (Å²) in [5, 5.41) is 3.24. The first-order valence-corrected chi connectivity index (χ1v) is 15.0. The Kier molecular flexibility index (Phi) is 10.8. The second kappa shape index (κ2) is 12.0. The summed E-state index contributed by atoms with van der Waals surface area (Å²) in [4.78, 5) is 0. The van der Waals surface area contributed by atoms with Crippen LogP contribution in [0.25, 0.3) is 0 Å². The van der Waals surface area contributed by atoms with Crippen molar-refractivity contribution in [1.82, 2.24) is 5.09 Å². The summed E-state index contributed by atoms with van der Waals surface area (Å²) in [7, 11) is 2.64. The van der Waals surface area contributed by atoms with Gasteiger partial charge in [-0.05, 0) is 104 Å². The highest BCUT2D eigenvalue weighted by molar-refractivity contribution is 7.13. The molecule has 2 aliphatic rings. The zero-order valence-corrected chi connectivity index (χ0v) is 24.6. The van der Waals surface area contributed by atoms with Crippen LogP contribution in [-0.2, 0) is 0 Å². The Morgan fingerprint density at radius 2 is 1.79 bits per heavy atom. The van der Waals surface area contributed by atoms with Crippen molar-refractivity contribution < 1.29 is 0 Å². The van der Waals surface area contributed by atoms with Crippen LogP contribution in [0.2, 0.25) is 0 Å². The molecule has 0 saturated heterocycles. The Balaban J connectivity index is 2.28. The monoisotopic (exact) mass is 481 g/mol. The minimum atomic E-state index is -0.0617. The molecule has 5 N–H and O–H groups in total. The maximum absolute atomic E-state index is 7.42. The highest BCUT2D eigenvalue weighted by Crippen LogP contribution is 2.64. The standard InChI is InChI=1S/C29H60N3P/c1-8-15-27(7)25(12-10-11-18-32-33)14-17-28(27,21-30)23(4)19-24(9-2)29(31)20-22(3)13-16-26(29,5)6/h22-25,32H,8-21,30-31,33H2,1-7H3/t22-,23?,24+,25?,27?,28?,29?/m1/s1. The zero-order valence-electron chi connectivity index (χ0n) is 23.4. The van der Waals surface area contributed by atoms with Gasteiger partial charge in [0.1, 0.15) is 0 Å². The van der Waals surface area contributed by atoms with E-state index >= 15 is 0 Å². The van der Waals surface area contributed by atoms with Crippen molar-refractivity contribution in [3.63, 3.8) is 0 Å². The molecule has 0 aromatic carbocycles. The second-order valence-electron chi connectivity index (χ2n) is 13.2. The van der Waals surface area contributed by atoms with Crippen LogP contribution in [0.4, 0.5) is 0 Å². The van der Waals surface area contributed by atoms with Gasteiger partial charge in [-0.25, -0.2) is 0 Å². The van der Waals surface area contributed by atoms with E-state index in [1.807, 2.05) is 0 Å². The SMILES string of the molecule is CCCC1(C)C(CCCCNP)CCC1(CN)C(C)C[C@H](CC)C1(N)C[C@H](C)CCC1(C)C. The van der Waals surface area contributed by atoms with Crippen LogP contribution in [0.1, 0.15) is 126 Å². The van der Waals surface area contributed by atoms with Gasteiger partial charge in [0.2, 0.25) is 0 Å². The molecule has 6 unspecified atom stereocenters. The molecule has 4 heteroatoms. The first-order chi connectivity index (χ1) is 15.5. The van der Waals surface area contributed by atoms with E-state index in [2.05, 4.69) is 62.9 Å². The largest absolute Gasteiger partial charge is 0.330 e. The lowest BCUT2D eigenvalue weighted by atomic mass is 9.51. The van der Waals surface area contributed by atoms with Gasteiger partial charge in [-0.3, -0.25) is 0 Å². The maximum atomic E-state index is 7.42. The molecular formula is C29H60N3P. The normalized spacial score (nSPS) is 38.4. The summed E-state index contributed by atoms with van der Waals surface area (Å²) >= 11 is 0. The summed E-state index contributed by atoms with van der Waals surface area (Å²) in [5.74, 6) is 2.75. The molecule has 0 spiro atoms. The molecule has 0 heterocycles. The maximum Gasteiger partial charge on any atom is 0.0237 e. The van der Waals surface area contributed by atoms with E-state index in [1.54, 1.807) is 0 Å². The van der Waals surface area contributed by atoms with Gasteiger partial charge in [0.15, 0.2) is 0 Å². The lowest BCUT2D eigenvalue weighted by Crippen LogP contribution is -2.61. The quantitative estimate of drug-likeness (QED) is 0.191. The van der Waals surface area contributed by atoms with Gasteiger partial charge >= 0.3 is 0 Å². The third kappa shape index (κ3) is 5.68. The fourth-order valence-electron chi connectivity index (χ4n) is 8.75. The van der Waals surface area contributed by atoms with Crippen LogP contribution in [-0.4, -0.2) is 18.6 Å². The smallest absolute Gasteiger partial charge is 0.0237 e. The van der Waals surface area contributed by atoms with E-state index in [4.69, 9.17) is 11.5 Å². The molecule has 8 atom stereocenters. The molecule has 2 rings (SSSR count). The highest BCUT2D eigenvalue weighted by Gasteiger charge is 2.58. The van der Waals surface area contributed by atoms with Crippen molar-refractivity contribution in [3.05, 3.63) is 0 Å². The Bertz CT molecular complexity index is 595. The number of hydrogen-bond acceptors (Lipinski definition) is 3. The molecule has 2 fully saturated rings. The Labute approximate surface area is 210 Å². The molecule has 0 aromatic rings. The summed E-state index contributed by atoms with van der Waals surface area (Å²) in [6.45, 7) is 19.2. The topological polar surface area (TPSA) is 64.1 Å². The second-order valence-corrected chi connectivity index (χ2v) is 13.6. The molecule has 0 aliphatic heterocycles. The third-order valence-electron chi connectivity index (χ3n) is 11.2. The third-order valence-corrected chi connectivity index (χ3v) is 11.5. The first kappa shape index (κ1) is 29.5. The van der Waals surface area contributed by atoms with Gasteiger partial charge in [-0.15, -0.1) is 0 Å². The fraction of sp³-hybridized carbons (Fsp3) is 1.00. The van der Waals surface area contributed by atoms with Crippen molar-refractivity contribution in [2.24, 2.45) is 51.4 Å². The summed E-state index contributed by atoms with van der Waals surface area (Å²) in [6.07, 6.45) is 15.4. The van der Waals surface area contributed by atoms with Gasteiger partial charge in [-0.2, -0.15) is 0 Å². The van der Waals surface area contributed by atoms with Gasteiger partial charge in [0, 0.05) is 5.54 Å². The molecule has 2 saturated carbocycles. The zero-order chi connectivity index (χ0) is 24.9. The molecular weight excluding hydrogens is 421 g/mol. The molecule has 0 radical (unpaired) electrons.